The largest absolute Gasteiger partial charge is 0.0839 e. The van der Waals surface area contributed by atoms with Gasteiger partial charge in [-0.25, -0.2) is 0 Å². The van der Waals surface area contributed by atoms with Gasteiger partial charge in [-0.2, -0.15) is 0 Å². The van der Waals surface area contributed by atoms with Crippen LogP contribution >= 0.6 is 15.9 Å². The molecule has 10 heavy (non-hydrogen) atoms. The molecule has 1 aromatic rings. The molecule has 0 saturated heterocycles. The van der Waals surface area contributed by atoms with E-state index in [-0.39, 0.29) is 0 Å². The van der Waals surface area contributed by atoms with Crippen molar-refractivity contribution in [1.82, 2.24) is 0 Å². The number of aryl methyl sites for hydroxylation is 1. The molecule has 0 amide bonds. The Morgan fingerprint density at radius 3 is 2.90 bits per heavy atom. The van der Waals surface area contributed by atoms with Crippen LogP contribution in [0.5, 0.6) is 0 Å². The average molecular weight is 197 g/mol. The van der Waals surface area contributed by atoms with Gasteiger partial charge in [0.1, 0.15) is 0 Å². The minimum atomic E-state index is 0.615. The molecule has 0 aliphatic heterocycles. The second-order valence-corrected chi connectivity index (χ2v) is 3.81. The van der Waals surface area contributed by atoms with Crippen molar-refractivity contribution in [1.29, 1.82) is 0 Å². The molecule has 0 aromatic heterocycles. The van der Waals surface area contributed by atoms with Crippen LogP contribution in [-0.2, 0) is 6.42 Å². The van der Waals surface area contributed by atoms with E-state index in [4.69, 9.17) is 0 Å². The molecule has 0 nitrogen and oxygen atoms in total. The highest BCUT2D eigenvalue weighted by Crippen LogP contribution is 2.36. The van der Waals surface area contributed by atoms with Gasteiger partial charge in [0.2, 0.25) is 0 Å². The smallest absolute Gasteiger partial charge is 0.0401 e. The number of fused-ring (bicyclic) bond motifs is 1. The fourth-order valence-electron chi connectivity index (χ4n) is 1.51. The lowest BCUT2D eigenvalue weighted by Gasteiger charge is -1.99. The summed E-state index contributed by atoms with van der Waals surface area (Å²) in [5.41, 5.74) is 3.01. The van der Waals surface area contributed by atoms with Gasteiger partial charge in [0, 0.05) is 4.83 Å². The van der Waals surface area contributed by atoms with Gasteiger partial charge < -0.3 is 0 Å². The first-order valence-electron chi connectivity index (χ1n) is 3.60. The van der Waals surface area contributed by atoms with E-state index in [0.29, 0.717) is 4.83 Å². The lowest BCUT2D eigenvalue weighted by Crippen LogP contribution is -1.80. The molecular formula is C9H9Br. The third-order valence-electron chi connectivity index (χ3n) is 2.06. The predicted molar refractivity (Wildman–Crippen MR) is 46.4 cm³/mol. The van der Waals surface area contributed by atoms with Crippen LogP contribution in [-0.4, -0.2) is 0 Å². The van der Waals surface area contributed by atoms with Gasteiger partial charge in [0.05, 0.1) is 0 Å². The topological polar surface area (TPSA) is 0 Å². The van der Waals surface area contributed by atoms with Crippen molar-refractivity contribution in [2.24, 2.45) is 0 Å². The summed E-state index contributed by atoms with van der Waals surface area (Å²) in [6.07, 6.45) is 2.51. The van der Waals surface area contributed by atoms with Crippen molar-refractivity contribution in [3.8, 4) is 0 Å². The average Bonchev–Trinajstić information content (AvgIpc) is 2.34. The molecule has 1 heteroatoms. The second-order valence-electron chi connectivity index (χ2n) is 2.71. The number of hydrogen-bond donors (Lipinski definition) is 0. The van der Waals surface area contributed by atoms with Crippen molar-refractivity contribution < 1.29 is 0 Å². The first-order valence-corrected chi connectivity index (χ1v) is 4.51. The van der Waals surface area contributed by atoms with Crippen molar-refractivity contribution >= 4 is 15.9 Å². The Morgan fingerprint density at radius 1 is 1.30 bits per heavy atom. The molecule has 0 fully saturated rings. The predicted octanol–water partition coefficient (Wildman–Crippen LogP) is 3.07. The van der Waals surface area contributed by atoms with E-state index in [9.17, 15) is 0 Å². The van der Waals surface area contributed by atoms with E-state index >= 15 is 0 Å². The maximum Gasteiger partial charge on any atom is 0.0401 e. The zero-order chi connectivity index (χ0) is 6.97. The standard InChI is InChI=1S/C9H9Br/c10-9-6-5-7-3-1-2-4-8(7)9/h1-4,9H,5-6H2. The molecule has 2 rings (SSSR count). The summed E-state index contributed by atoms with van der Waals surface area (Å²) >= 11 is 3.64. The Labute approximate surface area is 69.4 Å². The lowest BCUT2D eigenvalue weighted by molar-refractivity contribution is 0.903. The molecule has 0 spiro atoms. The first kappa shape index (κ1) is 6.41. The summed E-state index contributed by atoms with van der Waals surface area (Å²) in [7, 11) is 0. The molecule has 1 aliphatic carbocycles. The number of benzene rings is 1. The number of halogens is 1. The minimum absolute atomic E-state index is 0.615. The van der Waals surface area contributed by atoms with Crippen molar-refractivity contribution in [3.63, 3.8) is 0 Å². The third-order valence-corrected chi connectivity index (χ3v) is 3.01. The van der Waals surface area contributed by atoms with Crippen LogP contribution in [0.1, 0.15) is 22.4 Å². The third kappa shape index (κ3) is 0.891. The summed E-state index contributed by atoms with van der Waals surface area (Å²) in [5.74, 6) is 0. The van der Waals surface area contributed by atoms with Crippen LogP contribution in [0.4, 0.5) is 0 Å². The number of hydrogen-bond acceptors (Lipinski definition) is 0. The van der Waals surface area contributed by atoms with E-state index in [2.05, 4.69) is 40.2 Å². The van der Waals surface area contributed by atoms with Gasteiger partial charge in [0.15, 0.2) is 0 Å². The molecule has 1 aromatic carbocycles. The molecule has 1 unspecified atom stereocenters. The highest BCUT2D eigenvalue weighted by Gasteiger charge is 2.17. The zero-order valence-electron chi connectivity index (χ0n) is 5.68. The second kappa shape index (κ2) is 2.39. The molecule has 0 radical (unpaired) electrons. The maximum absolute atomic E-state index is 3.64. The molecule has 1 aliphatic rings. The summed E-state index contributed by atoms with van der Waals surface area (Å²) in [6.45, 7) is 0. The first-order chi connectivity index (χ1) is 4.88. The van der Waals surface area contributed by atoms with E-state index in [1.165, 1.54) is 24.0 Å². The van der Waals surface area contributed by atoms with Crippen molar-refractivity contribution in [2.45, 2.75) is 17.7 Å². The molecule has 1 atom stereocenters. The lowest BCUT2D eigenvalue weighted by atomic mass is 10.1. The Bertz CT molecular complexity index is 242. The molecule has 0 heterocycles. The highest BCUT2D eigenvalue weighted by molar-refractivity contribution is 9.09. The SMILES string of the molecule is BrC1CCc2ccccc21. The van der Waals surface area contributed by atoms with Crippen LogP contribution in [0.15, 0.2) is 24.3 Å². The summed E-state index contributed by atoms with van der Waals surface area (Å²) in [5, 5.41) is 0. The zero-order valence-corrected chi connectivity index (χ0v) is 7.26. The Morgan fingerprint density at radius 2 is 2.10 bits per heavy atom. The van der Waals surface area contributed by atoms with Crippen LogP contribution in [0.3, 0.4) is 0 Å². The monoisotopic (exact) mass is 196 g/mol. The van der Waals surface area contributed by atoms with Gasteiger partial charge in [-0.3, -0.25) is 0 Å². The Kier molecular flexibility index (Phi) is 1.53. The van der Waals surface area contributed by atoms with E-state index in [1.807, 2.05) is 0 Å². The van der Waals surface area contributed by atoms with Gasteiger partial charge in [-0.1, -0.05) is 40.2 Å². The number of alkyl halides is 1. The fourth-order valence-corrected chi connectivity index (χ4v) is 2.18. The Balaban J connectivity index is 2.51. The quantitative estimate of drug-likeness (QED) is 0.560. The number of rotatable bonds is 0. The normalized spacial score (nSPS) is 22.7. The molecule has 0 N–H and O–H groups in total. The maximum atomic E-state index is 3.64. The van der Waals surface area contributed by atoms with E-state index in [1.54, 1.807) is 0 Å². The minimum Gasteiger partial charge on any atom is -0.0839 e. The molecular weight excluding hydrogens is 188 g/mol. The van der Waals surface area contributed by atoms with Crippen LogP contribution in [0.2, 0.25) is 0 Å². The van der Waals surface area contributed by atoms with Gasteiger partial charge in [-0.15, -0.1) is 0 Å². The summed E-state index contributed by atoms with van der Waals surface area (Å²) in [4.78, 5) is 0.615. The highest BCUT2D eigenvalue weighted by atomic mass is 79.9. The van der Waals surface area contributed by atoms with Gasteiger partial charge >= 0.3 is 0 Å². The molecule has 0 bridgehead atoms. The van der Waals surface area contributed by atoms with E-state index in [0.717, 1.165) is 0 Å². The van der Waals surface area contributed by atoms with Gasteiger partial charge in [-0.05, 0) is 24.0 Å². The molecule has 0 saturated carbocycles. The van der Waals surface area contributed by atoms with Crippen LogP contribution < -0.4 is 0 Å². The van der Waals surface area contributed by atoms with Crippen molar-refractivity contribution in [2.75, 3.05) is 0 Å². The summed E-state index contributed by atoms with van der Waals surface area (Å²) in [6, 6.07) is 8.65. The summed E-state index contributed by atoms with van der Waals surface area (Å²) < 4.78 is 0. The Hall–Kier alpha value is -0.300. The van der Waals surface area contributed by atoms with Gasteiger partial charge in [0.25, 0.3) is 0 Å². The van der Waals surface area contributed by atoms with E-state index < -0.39 is 0 Å². The van der Waals surface area contributed by atoms with Crippen LogP contribution in [0, 0.1) is 0 Å². The van der Waals surface area contributed by atoms with Crippen LogP contribution in [0.25, 0.3) is 0 Å². The fraction of sp³-hybridized carbons (Fsp3) is 0.333. The molecule has 52 valence electrons. The van der Waals surface area contributed by atoms with Crippen molar-refractivity contribution in [3.05, 3.63) is 35.4 Å².